The first-order chi connectivity index (χ1) is 12.5. The summed E-state index contributed by atoms with van der Waals surface area (Å²) in [5.74, 6) is 0.336. The highest BCUT2D eigenvalue weighted by Gasteiger charge is 2.18. The maximum Gasteiger partial charge on any atom is 0.185 e. The van der Waals surface area contributed by atoms with E-state index in [1.54, 1.807) is 28.8 Å². The average Bonchev–Trinajstić information content (AvgIpc) is 3.06. The lowest BCUT2D eigenvalue weighted by Crippen LogP contribution is -2.08. The lowest BCUT2D eigenvalue weighted by molar-refractivity contribution is 0.594. The van der Waals surface area contributed by atoms with Crippen molar-refractivity contribution in [1.82, 2.24) is 19.8 Å². The molecular weight excluding hydrogens is 372 g/mol. The van der Waals surface area contributed by atoms with Gasteiger partial charge in [0.25, 0.3) is 0 Å². The summed E-state index contributed by atoms with van der Waals surface area (Å²) in [5.41, 5.74) is 1.81. The van der Waals surface area contributed by atoms with Crippen molar-refractivity contribution in [2.75, 3.05) is 0 Å². The number of hydrogen-bond acceptors (Lipinski definition) is 5. The molecule has 0 N–H and O–H groups in total. The molecular formula is C18H13ClN4O2S. The van der Waals surface area contributed by atoms with Crippen LogP contribution in [0.4, 0.5) is 0 Å². The molecule has 2 aromatic heterocycles. The highest BCUT2D eigenvalue weighted by Crippen LogP contribution is 2.20. The molecule has 8 heteroatoms. The Balaban J connectivity index is 1.72. The number of rotatable bonds is 4. The molecule has 26 heavy (non-hydrogen) atoms. The summed E-state index contributed by atoms with van der Waals surface area (Å²) in [6, 6.07) is 18.9. The standard InChI is InChI=1S/C18H13ClN4O2S/c19-14-6-9-16(10-7-14)26(24,25)12-15-8-11-17-20-21-18(23(17)22-15)13-4-2-1-3-5-13/h1-11H,12H2. The molecule has 6 nitrogen and oxygen atoms in total. The molecule has 0 aliphatic carbocycles. The lowest BCUT2D eigenvalue weighted by Gasteiger charge is -2.05. The predicted molar refractivity (Wildman–Crippen MR) is 98.6 cm³/mol. The Morgan fingerprint density at radius 1 is 0.885 bits per heavy atom. The highest BCUT2D eigenvalue weighted by molar-refractivity contribution is 7.90. The second-order valence-electron chi connectivity index (χ2n) is 5.70. The third-order valence-corrected chi connectivity index (χ3v) is 5.78. The fourth-order valence-electron chi connectivity index (χ4n) is 2.59. The Kier molecular flexibility index (Phi) is 4.18. The topological polar surface area (TPSA) is 77.2 Å². The second kappa shape index (κ2) is 6.51. The van der Waals surface area contributed by atoms with Gasteiger partial charge in [0, 0.05) is 10.6 Å². The van der Waals surface area contributed by atoms with E-state index in [-0.39, 0.29) is 10.6 Å². The van der Waals surface area contributed by atoms with E-state index in [2.05, 4.69) is 15.3 Å². The van der Waals surface area contributed by atoms with Gasteiger partial charge in [-0.25, -0.2) is 8.42 Å². The lowest BCUT2D eigenvalue weighted by atomic mass is 10.2. The molecule has 2 heterocycles. The molecule has 0 spiro atoms. The second-order valence-corrected chi connectivity index (χ2v) is 8.12. The normalized spacial score (nSPS) is 11.7. The van der Waals surface area contributed by atoms with Crippen LogP contribution in [0.15, 0.2) is 71.6 Å². The number of nitrogens with zero attached hydrogens (tertiary/aromatic N) is 4. The summed E-state index contributed by atoms with van der Waals surface area (Å²) in [4.78, 5) is 0.204. The van der Waals surface area contributed by atoms with E-state index < -0.39 is 9.84 Å². The van der Waals surface area contributed by atoms with Crippen molar-refractivity contribution in [1.29, 1.82) is 0 Å². The van der Waals surface area contributed by atoms with Gasteiger partial charge in [-0.1, -0.05) is 41.9 Å². The van der Waals surface area contributed by atoms with Gasteiger partial charge in [-0.15, -0.1) is 10.2 Å². The van der Waals surface area contributed by atoms with E-state index in [0.717, 1.165) is 5.56 Å². The number of halogens is 1. The van der Waals surface area contributed by atoms with Crippen LogP contribution in [0.3, 0.4) is 0 Å². The summed E-state index contributed by atoms with van der Waals surface area (Å²) in [7, 11) is -3.53. The Labute approximate surface area is 155 Å². The van der Waals surface area contributed by atoms with Gasteiger partial charge >= 0.3 is 0 Å². The van der Waals surface area contributed by atoms with Crippen molar-refractivity contribution in [2.45, 2.75) is 10.6 Å². The van der Waals surface area contributed by atoms with Gasteiger partial charge < -0.3 is 0 Å². The Morgan fingerprint density at radius 2 is 1.62 bits per heavy atom. The minimum atomic E-state index is -3.53. The molecule has 0 fully saturated rings. The molecule has 4 aromatic rings. The fraction of sp³-hybridized carbons (Fsp3) is 0.0556. The van der Waals surface area contributed by atoms with E-state index in [1.807, 2.05) is 30.3 Å². The molecule has 4 rings (SSSR count). The molecule has 0 saturated heterocycles. The molecule has 0 unspecified atom stereocenters. The van der Waals surface area contributed by atoms with Crippen molar-refractivity contribution in [3.05, 3.63) is 77.4 Å². The monoisotopic (exact) mass is 384 g/mol. The summed E-state index contributed by atoms with van der Waals surface area (Å²) >= 11 is 5.83. The Morgan fingerprint density at radius 3 is 2.35 bits per heavy atom. The van der Waals surface area contributed by atoms with Crippen molar-refractivity contribution < 1.29 is 8.42 Å². The third kappa shape index (κ3) is 3.18. The van der Waals surface area contributed by atoms with E-state index >= 15 is 0 Å². The van der Waals surface area contributed by atoms with Gasteiger partial charge in [-0.3, -0.25) is 0 Å². The van der Waals surface area contributed by atoms with Crippen LogP contribution < -0.4 is 0 Å². The zero-order valence-corrected chi connectivity index (χ0v) is 15.0. The van der Waals surface area contributed by atoms with Crippen LogP contribution >= 0.6 is 11.6 Å². The Bertz CT molecular complexity index is 1170. The first kappa shape index (κ1) is 16.7. The molecule has 2 aromatic carbocycles. The summed E-state index contributed by atoms with van der Waals surface area (Å²) in [6.45, 7) is 0. The fourth-order valence-corrected chi connectivity index (χ4v) is 3.98. The molecule has 0 aliphatic heterocycles. The van der Waals surface area contributed by atoms with E-state index in [4.69, 9.17) is 11.6 Å². The quantitative estimate of drug-likeness (QED) is 0.538. The molecule has 0 atom stereocenters. The molecule has 0 bridgehead atoms. The van der Waals surface area contributed by atoms with E-state index in [1.165, 1.54) is 12.1 Å². The minimum absolute atomic E-state index is 0.204. The summed E-state index contributed by atoms with van der Waals surface area (Å²) < 4.78 is 26.8. The number of fused-ring (bicyclic) bond motifs is 1. The molecule has 130 valence electrons. The van der Waals surface area contributed by atoms with E-state index in [0.29, 0.717) is 22.2 Å². The zero-order valence-electron chi connectivity index (χ0n) is 13.4. The largest absolute Gasteiger partial charge is 0.223 e. The van der Waals surface area contributed by atoms with Crippen LogP contribution in [0.5, 0.6) is 0 Å². The van der Waals surface area contributed by atoms with Gasteiger partial charge in [-0.2, -0.15) is 9.61 Å². The molecule has 0 radical (unpaired) electrons. The first-order valence-corrected chi connectivity index (χ1v) is 9.81. The molecule has 0 saturated carbocycles. The van der Waals surface area contributed by atoms with Crippen molar-refractivity contribution in [2.24, 2.45) is 0 Å². The van der Waals surface area contributed by atoms with Gasteiger partial charge in [-0.05, 0) is 36.4 Å². The minimum Gasteiger partial charge on any atom is -0.223 e. The van der Waals surface area contributed by atoms with Gasteiger partial charge in [0.15, 0.2) is 21.3 Å². The van der Waals surface area contributed by atoms with E-state index in [9.17, 15) is 8.42 Å². The maximum atomic E-state index is 12.6. The van der Waals surface area contributed by atoms with Crippen LogP contribution in [0.1, 0.15) is 5.69 Å². The maximum absolute atomic E-state index is 12.6. The average molecular weight is 385 g/mol. The molecule has 0 aliphatic rings. The van der Waals surface area contributed by atoms with Crippen LogP contribution in [-0.4, -0.2) is 28.2 Å². The SMILES string of the molecule is O=S(=O)(Cc1ccc2nnc(-c3ccccc3)n2n1)c1ccc(Cl)cc1. The van der Waals surface area contributed by atoms with Crippen LogP contribution in [0, 0.1) is 0 Å². The number of benzene rings is 2. The smallest absolute Gasteiger partial charge is 0.185 e. The Hall–Kier alpha value is -2.77. The predicted octanol–water partition coefficient (Wildman–Crippen LogP) is 3.42. The van der Waals surface area contributed by atoms with Crippen LogP contribution in [0.2, 0.25) is 5.02 Å². The molecule has 0 amide bonds. The van der Waals surface area contributed by atoms with Gasteiger partial charge in [0.05, 0.1) is 16.3 Å². The number of sulfone groups is 1. The summed E-state index contributed by atoms with van der Waals surface area (Å²) in [6.07, 6.45) is 0. The van der Waals surface area contributed by atoms with Gasteiger partial charge in [0.2, 0.25) is 0 Å². The zero-order chi connectivity index (χ0) is 18.1. The number of aromatic nitrogens is 4. The van der Waals surface area contributed by atoms with Gasteiger partial charge in [0.1, 0.15) is 0 Å². The van der Waals surface area contributed by atoms with Crippen molar-refractivity contribution in [3.8, 4) is 11.4 Å². The van der Waals surface area contributed by atoms with Crippen molar-refractivity contribution >= 4 is 27.1 Å². The highest BCUT2D eigenvalue weighted by atomic mass is 35.5. The first-order valence-electron chi connectivity index (χ1n) is 7.78. The van der Waals surface area contributed by atoms with Crippen LogP contribution in [0.25, 0.3) is 17.0 Å². The number of hydrogen-bond donors (Lipinski definition) is 0. The van der Waals surface area contributed by atoms with Crippen molar-refractivity contribution in [3.63, 3.8) is 0 Å². The third-order valence-electron chi connectivity index (χ3n) is 3.86. The summed E-state index contributed by atoms with van der Waals surface area (Å²) in [5, 5.41) is 13.2. The van der Waals surface area contributed by atoms with Crippen LogP contribution in [-0.2, 0) is 15.6 Å².